The molecular formula is C30H43N3O5S. The van der Waals surface area contributed by atoms with Crippen LogP contribution in [0.2, 0.25) is 0 Å². The lowest BCUT2D eigenvalue weighted by Crippen LogP contribution is -2.51. The monoisotopic (exact) mass is 557 g/mol. The number of anilines is 1. The smallest absolute Gasteiger partial charge is 0.243 e. The highest BCUT2D eigenvalue weighted by molar-refractivity contribution is 7.92. The molecular weight excluding hydrogens is 514 g/mol. The summed E-state index contributed by atoms with van der Waals surface area (Å²) in [6.45, 7) is 6.82. The number of aryl methyl sites for hydroxylation is 1. The van der Waals surface area contributed by atoms with Gasteiger partial charge >= 0.3 is 0 Å². The van der Waals surface area contributed by atoms with E-state index in [1.165, 1.54) is 4.31 Å². The second-order valence-electron chi connectivity index (χ2n) is 10.2. The van der Waals surface area contributed by atoms with Gasteiger partial charge in [-0.15, -0.1) is 0 Å². The highest BCUT2D eigenvalue weighted by Gasteiger charge is 2.31. The van der Waals surface area contributed by atoms with Crippen molar-refractivity contribution in [1.29, 1.82) is 0 Å². The summed E-state index contributed by atoms with van der Waals surface area (Å²) in [6.07, 6.45) is 6.28. The Bertz CT molecular complexity index is 1190. The number of carbonyl (C=O) groups excluding carboxylic acids is 2. The molecule has 1 atom stereocenters. The van der Waals surface area contributed by atoms with Crippen molar-refractivity contribution in [3.63, 3.8) is 0 Å². The predicted molar refractivity (Wildman–Crippen MR) is 155 cm³/mol. The Kier molecular flexibility index (Phi) is 11.2. The highest BCUT2D eigenvalue weighted by atomic mass is 32.2. The van der Waals surface area contributed by atoms with Crippen molar-refractivity contribution < 1.29 is 22.7 Å². The average Bonchev–Trinajstić information content (AvgIpc) is 3.40. The quantitative estimate of drug-likeness (QED) is 0.360. The summed E-state index contributed by atoms with van der Waals surface area (Å²) in [4.78, 5) is 28.6. The molecule has 2 amide bonds. The summed E-state index contributed by atoms with van der Waals surface area (Å²) in [7, 11) is -3.56. The van der Waals surface area contributed by atoms with Gasteiger partial charge < -0.3 is 15.0 Å². The molecule has 1 saturated carbocycles. The van der Waals surface area contributed by atoms with Crippen LogP contribution >= 0.6 is 0 Å². The third-order valence-electron chi connectivity index (χ3n) is 7.28. The summed E-state index contributed by atoms with van der Waals surface area (Å²) < 4.78 is 31.9. The van der Waals surface area contributed by atoms with E-state index in [0.29, 0.717) is 37.4 Å². The number of rotatable bonds is 14. The van der Waals surface area contributed by atoms with E-state index in [2.05, 4.69) is 5.32 Å². The molecule has 0 heterocycles. The predicted octanol–water partition coefficient (Wildman–Crippen LogP) is 4.81. The minimum absolute atomic E-state index is 0.113. The normalized spacial score (nSPS) is 14.6. The first-order chi connectivity index (χ1) is 18.6. The number of ether oxygens (including phenoxy) is 1. The molecule has 0 aromatic heterocycles. The summed E-state index contributed by atoms with van der Waals surface area (Å²) in [5.74, 6) is 0.392. The number of nitrogens with one attached hydrogen (secondary N) is 1. The number of hydrogen-bond donors (Lipinski definition) is 1. The Morgan fingerprint density at radius 3 is 2.31 bits per heavy atom. The summed E-state index contributed by atoms with van der Waals surface area (Å²) in [5.41, 5.74) is 2.57. The maximum Gasteiger partial charge on any atom is 0.243 e. The number of amides is 2. The molecule has 39 heavy (non-hydrogen) atoms. The van der Waals surface area contributed by atoms with E-state index in [1.807, 2.05) is 45.0 Å². The lowest BCUT2D eigenvalue weighted by Gasteiger charge is -2.32. The SMILES string of the molecule is CCOc1ccc(N(CCCC(=O)N(Cc2ccccc2C)C(CC)C(=O)NC2CCCC2)S(C)(=O)=O)cc1. The van der Waals surface area contributed by atoms with Crippen molar-refractivity contribution in [3.05, 3.63) is 59.7 Å². The van der Waals surface area contributed by atoms with Gasteiger partial charge in [0.05, 0.1) is 18.6 Å². The Morgan fingerprint density at radius 1 is 1.05 bits per heavy atom. The molecule has 8 nitrogen and oxygen atoms in total. The zero-order valence-electron chi connectivity index (χ0n) is 23.7. The number of carbonyl (C=O) groups is 2. The largest absolute Gasteiger partial charge is 0.494 e. The molecule has 1 fully saturated rings. The van der Waals surface area contributed by atoms with Gasteiger partial charge in [0.2, 0.25) is 21.8 Å². The molecule has 0 aliphatic heterocycles. The fraction of sp³-hybridized carbons (Fsp3) is 0.533. The molecule has 0 bridgehead atoms. The second kappa shape index (κ2) is 14.4. The van der Waals surface area contributed by atoms with Crippen LogP contribution in [-0.2, 0) is 26.2 Å². The number of benzene rings is 2. The van der Waals surface area contributed by atoms with Gasteiger partial charge in [0, 0.05) is 25.6 Å². The van der Waals surface area contributed by atoms with Crippen molar-refractivity contribution in [2.24, 2.45) is 0 Å². The van der Waals surface area contributed by atoms with Crippen molar-refractivity contribution in [2.75, 3.05) is 23.7 Å². The molecule has 1 aliphatic rings. The Hall–Kier alpha value is -3.07. The van der Waals surface area contributed by atoms with E-state index >= 15 is 0 Å². The molecule has 0 saturated heterocycles. The van der Waals surface area contributed by atoms with Crippen LogP contribution in [0, 0.1) is 6.92 Å². The Morgan fingerprint density at radius 2 is 1.72 bits per heavy atom. The molecule has 1 unspecified atom stereocenters. The Balaban J connectivity index is 1.75. The molecule has 214 valence electrons. The number of nitrogens with zero attached hydrogens (tertiary/aromatic N) is 2. The van der Waals surface area contributed by atoms with Gasteiger partial charge in [0.15, 0.2) is 0 Å². The van der Waals surface area contributed by atoms with Crippen LogP contribution in [-0.4, -0.2) is 56.6 Å². The van der Waals surface area contributed by atoms with E-state index < -0.39 is 16.1 Å². The van der Waals surface area contributed by atoms with Crippen LogP contribution in [0.1, 0.15) is 69.9 Å². The van der Waals surface area contributed by atoms with Gasteiger partial charge in [0.25, 0.3) is 0 Å². The van der Waals surface area contributed by atoms with Crippen LogP contribution in [0.5, 0.6) is 5.75 Å². The van der Waals surface area contributed by atoms with Crippen LogP contribution < -0.4 is 14.4 Å². The molecule has 0 radical (unpaired) electrons. The average molecular weight is 558 g/mol. The highest BCUT2D eigenvalue weighted by Crippen LogP contribution is 2.24. The van der Waals surface area contributed by atoms with Crippen molar-refractivity contribution in [3.8, 4) is 5.75 Å². The number of sulfonamides is 1. The maximum absolute atomic E-state index is 13.6. The third kappa shape index (κ3) is 8.71. The topological polar surface area (TPSA) is 96.0 Å². The van der Waals surface area contributed by atoms with Crippen molar-refractivity contribution >= 4 is 27.5 Å². The van der Waals surface area contributed by atoms with Crippen molar-refractivity contribution in [2.45, 2.75) is 84.3 Å². The van der Waals surface area contributed by atoms with Gasteiger partial charge in [-0.3, -0.25) is 13.9 Å². The lowest BCUT2D eigenvalue weighted by atomic mass is 10.0. The van der Waals surface area contributed by atoms with E-state index in [4.69, 9.17) is 4.74 Å². The Labute approximate surface area is 233 Å². The fourth-order valence-electron chi connectivity index (χ4n) is 5.14. The van der Waals surface area contributed by atoms with Crippen LogP contribution in [0.15, 0.2) is 48.5 Å². The minimum Gasteiger partial charge on any atom is -0.494 e. The summed E-state index contributed by atoms with van der Waals surface area (Å²) in [5, 5.41) is 3.16. The third-order valence-corrected chi connectivity index (χ3v) is 8.47. The zero-order chi connectivity index (χ0) is 28.4. The molecule has 2 aromatic carbocycles. The summed E-state index contributed by atoms with van der Waals surface area (Å²) >= 11 is 0. The first-order valence-electron chi connectivity index (χ1n) is 14.0. The van der Waals surface area contributed by atoms with Gasteiger partial charge in [-0.1, -0.05) is 44.0 Å². The molecule has 9 heteroatoms. The van der Waals surface area contributed by atoms with E-state index in [9.17, 15) is 18.0 Å². The second-order valence-corrected chi connectivity index (χ2v) is 12.1. The van der Waals surface area contributed by atoms with E-state index in [0.717, 1.165) is 43.1 Å². The maximum atomic E-state index is 13.6. The molecule has 0 spiro atoms. The lowest BCUT2D eigenvalue weighted by molar-refractivity contribution is -0.141. The van der Waals surface area contributed by atoms with Gasteiger partial charge in [0.1, 0.15) is 11.8 Å². The van der Waals surface area contributed by atoms with E-state index in [1.54, 1.807) is 29.2 Å². The van der Waals surface area contributed by atoms with E-state index in [-0.39, 0.29) is 30.8 Å². The molecule has 3 rings (SSSR count). The van der Waals surface area contributed by atoms with Gasteiger partial charge in [-0.2, -0.15) is 0 Å². The van der Waals surface area contributed by atoms with Gasteiger partial charge in [-0.25, -0.2) is 8.42 Å². The first-order valence-corrected chi connectivity index (χ1v) is 15.8. The van der Waals surface area contributed by atoms with Crippen LogP contribution in [0.4, 0.5) is 5.69 Å². The minimum atomic E-state index is -3.56. The molecule has 1 N–H and O–H groups in total. The van der Waals surface area contributed by atoms with Crippen molar-refractivity contribution in [1.82, 2.24) is 10.2 Å². The standard InChI is InChI=1S/C30H43N3O5S/c1-5-28(30(35)31-25-14-9-10-15-25)32(22-24-13-8-7-12-23(24)3)29(34)16-11-21-33(39(4,36)37)26-17-19-27(20-18-26)38-6-2/h7-8,12-13,17-20,25,28H,5-6,9-11,14-16,21-22H2,1-4H3,(H,31,35). The summed E-state index contributed by atoms with van der Waals surface area (Å²) in [6, 6.07) is 14.3. The molecule has 2 aromatic rings. The zero-order valence-corrected chi connectivity index (χ0v) is 24.5. The fourth-order valence-corrected chi connectivity index (χ4v) is 6.10. The first kappa shape index (κ1) is 30.5. The molecule has 1 aliphatic carbocycles. The number of hydrogen-bond acceptors (Lipinski definition) is 5. The van der Waals surface area contributed by atoms with Crippen LogP contribution in [0.25, 0.3) is 0 Å². The van der Waals surface area contributed by atoms with Gasteiger partial charge in [-0.05, 0) is 74.9 Å². The van der Waals surface area contributed by atoms with Crippen LogP contribution in [0.3, 0.4) is 0 Å².